The van der Waals surface area contributed by atoms with Crippen LogP contribution in [0.15, 0.2) is 18.2 Å². The van der Waals surface area contributed by atoms with E-state index in [-0.39, 0.29) is 18.9 Å². The summed E-state index contributed by atoms with van der Waals surface area (Å²) >= 11 is 0. The Kier molecular flexibility index (Phi) is 5.85. The van der Waals surface area contributed by atoms with E-state index in [1.165, 1.54) is 0 Å². The lowest BCUT2D eigenvalue weighted by Crippen LogP contribution is -2.26. The van der Waals surface area contributed by atoms with Crippen LogP contribution in [0, 0.1) is 6.92 Å². The number of carboxylic acids is 1. The Bertz CT molecular complexity index is 457. The standard InChI is InChI=1S/C14H19NO4/c1-10-3-4-11(12(9-10)19-2)5-6-13(16)15-8-7-14(17)18/h3-4,9H,5-8H2,1-2H3,(H,15,16)(H,17,18). The molecule has 104 valence electrons. The fraction of sp³-hybridized carbons (Fsp3) is 0.429. The number of rotatable bonds is 7. The highest BCUT2D eigenvalue weighted by Crippen LogP contribution is 2.21. The van der Waals surface area contributed by atoms with Crippen LogP contribution in [0.2, 0.25) is 0 Å². The second-order valence-electron chi connectivity index (χ2n) is 4.31. The van der Waals surface area contributed by atoms with E-state index >= 15 is 0 Å². The van der Waals surface area contributed by atoms with Crippen molar-refractivity contribution < 1.29 is 19.4 Å². The van der Waals surface area contributed by atoms with E-state index < -0.39 is 5.97 Å². The first-order valence-electron chi connectivity index (χ1n) is 6.15. The van der Waals surface area contributed by atoms with Crippen LogP contribution in [0.1, 0.15) is 24.0 Å². The van der Waals surface area contributed by atoms with Crippen molar-refractivity contribution in [2.45, 2.75) is 26.2 Å². The highest BCUT2D eigenvalue weighted by molar-refractivity contribution is 5.77. The third-order valence-electron chi connectivity index (χ3n) is 2.73. The van der Waals surface area contributed by atoms with E-state index in [0.717, 1.165) is 16.9 Å². The molecule has 0 fully saturated rings. The number of nitrogens with one attached hydrogen (secondary N) is 1. The largest absolute Gasteiger partial charge is 0.496 e. The van der Waals surface area contributed by atoms with Crippen molar-refractivity contribution in [2.24, 2.45) is 0 Å². The summed E-state index contributed by atoms with van der Waals surface area (Å²) < 4.78 is 5.26. The van der Waals surface area contributed by atoms with Gasteiger partial charge in [0.2, 0.25) is 5.91 Å². The molecule has 1 rings (SSSR count). The van der Waals surface area contributed by atoms with Gasteiger partial charge in [-0.25, -0.2) is 0 Å². The smallest absolute Gasteiger partial charge is 0.305 e. The fourth-order valence-electron chi connectivity index (χ4n) is 1.70. The third kappa shape index (κ3) is 5.42. The maximum atomic E-state index is 11.5. The second-order valence-corrected chi connectivity index (χ2v) is 4.31. The molecule has 1 amide bonds. The summed E-state index contributed by atoms with van der Waals surface area (Å²) in [5.74, 6) is -0.289. The number of aryl methyl sites for hydroxylation is 2. The molecule has 0 heterocycles. The van der Waals surface area contributed by atoms with Crippen molar-refractivity contribution in [2.75, 3.05) is 13.7 Å². The quantitative estimate of drug-likeness (QED) is 0.784. The molecule has 2 N–H and O–H groups in total. The van der Waals surface area contributed by atoms with E-state index in [9.17, 15) is 9.59 Å². The monoisotopic (exact) mass is 265 g/mol. The molecule has 0 spiro atoms. The Labute approximate surface area is 112 Å². The number of benzene rings is 1. The molecule has 0 saturated carbocycles. The summed E-state index contributed by atoms with van der Waals surface area (Å²) in [6.45, 7) is 2.14. The van der Waals surface area contributed by atoms with Crippen LogP contribution in [0.25, 0.3) is 0 Å². The summed E-state index contributed by atoms with van der Waals surface area (Å²) in [5.41, 5.74) is 2.08. The zero-order valence-electron chi connectivity index (χ0n) is 11.2. The maximum Gasteiger partial charge on any atom is 0.305 e. The first-order valence-corrected chi connectivity index (χ1v) is 6.15. The van der Waals surface area contributed by atoms with E-state index in [2.05, 4.69) is 5.32 Å². The molecular formula is C14H19NO4. The van der Waals surface area contributed by atoms with Gasteiger partial charge in [-0.15, -0.1) is 0 Å². The molecule has 0 aliphatic heterocycles. The van der Waals surface area contributed by atoms with Gasteiger partial charge in [-0.3, -0.25) is 9.59 Å². The van der Waals surface area contributed by atoms with Crippen molar-refractivity contribution in [1.29, 1.82) is 0 Å². The van der Waals surface area contributed by atoms with Crippen LogP contribution in [0.5, 0.6) is 5.75 Å². The number of carbonyl (C=O) groups excluding carboxylic acids is 1. The summed E-state index contributed by atoms with van der Waals surface area (Å²) in [6, 6.07) is 5.84. The zero-order valence-corrected chi connectivity index (χ0v) is 11.2. The zero-order chi connectivity index (χ0) is 14.3. The fourth-order valence-corrected chi connectivity index (χ4v) is 1.70. The van der Waals surface area contributed by atoms with Gasteiger partial charge in [0, 0.05) is 13.0 Å². The molecule has 5 heteroatoms. The van der Waals surface area contributed by atoms with Gasteiger partial charge in [0.1, 0.15) is 5.75 Å². The van der Waals surface area contributed by atoms with Gasteiger partial charge in [-0.2, -0.15) is 0 Å². The Morgan fingerprint density at radius 2 is 2.05 bits per heavy atom. The number of amides is 1. The summed E-state index contributed by atoms with van der Waals surface area (Å²) in [4.78, 5) is 21.8. The highest BCUT2D eigenvalue weighted by atomic mass is 16.5. The van der Waals surface area contributed by atoms with Gasteiger partial charge in [-0.1, -0.05) is 12.1 Å². The van der Waals surface area contributed by atoms with Crippen molar-refractivity contribution in [3.63, 3.8) is 0 Å². The minimum atomic E-state index is -0.916. The molecule has 1 aromatic carbocycles. The number of carbonyl (C=O) groups is 2. The molecule has 0 bridgehead atoms. The lowest BCUT2D eigenvalue weighted by atomic mass is 10.1. The average molecular weight is 265 g/mol. The van der Waals surface area contributed by atoms with E-state index in [0.29, 0.717) is 12.8 Å². The normalized spacial score (nSPS) is 10.0. The van der Waals surface area contributed by atoms with Crippen molar-refractivity contribution >= 4 is 11.9 Å². The molecule has 0 atom stereocenters. The summed E-state index contributed by atoms with van der Waals surface area (Å²) in [6.07, 6.45) is 0.834. The van der Waals surface area contributed by atoms with Gasteiger partial charge < -0.3 is 15.2 Å². The van der Waals surface area contributed by atoms with Crippen LogP contribution in [0.4, 0.5) is 0 Å². The molecule has 5 nitrogen and oxygen atoms in total. The molecule has 0 aliphatic carbocycles. The number of ether oxygens (including phenoxy) is 1. The van der Waals surface area contributed by atoms with Crippen LogP contribution < -0.4 is 10.1 Å². The Balaban J connectivity index is 2.43. The average Bonchev–Trinajstić information content (AvgIpc) is 2.36. The van der Waals surface area contributed by atoms with Crippen molar-refractivity contribution in [3.8, 4) is 5.75 Å². The van der Waals surface area contributed by atoms with E-state index in [1.807, 2.05) is 25.1 Å². The summed E-state index contributed by atoms with van der Waals surface area (Å²) in [7, 11) is 1.60. The summed E-state index contributed by atoms with van der Waals surface area (Å²) in [5, 5.41) is 11.0. The number of hydrogen-bond acceptors (Lipinski definition) is 3. The lowest BCUT2D eigenvalue weighted by Gasteiger charge is -2.09. The number of carboxylic acid groups (broad SMARTS) is 1. The number of methoxy groups -OCH3 is 1. The topological polar surface area (TPSA) is 75.6 Å². The minimum absolute atomic E-state index is 0.0560. The Morgan fingerprint density at radius 1 is 1.32 bits per heavy atom. The van der Waals surface area contributed by atoms with Gasteiger partial charge in [0.15, 0.2) is 0 Å². The highest BCUT2D eigenvalue weighted by Gasteiger charge is 2.07. The van der Waals surface area contributed by atoms with Gasteiger partial charge in [0.25, 0.3) is 0 Å². The third-order valence-corrected chi connectivity index (χ3v) is 2.73. The van der Waals surface area contributed by atoms with Crippen LogP contribution >= 0.6 is 0 Å². The second kappa shape index (κ2) is 7.41. The molecule has 0 aromatic heterocycles. The van der Waals surface area contributed by atoms with Crippen molar-refractivity contribution in [3.05, 3.63) is 29.3 Å². The number of aliphatic carboxylic acids is 1. The van der Waals surface area contributed by atoms with Crippen LogP contribution in [0.3, 0.4) is 0 Å². The maximum absolute atomic E-state index is 11.5. The van der Waals surface area contributed by atoms with E-state index in [4.69, 9.17) is 9.84 Å². The molecule has 19 heavy (non-hydrogen) atoms. The van der Waals surface area contributed by atoms with Crippen LogP contribution in [-0.4, -0.2) is 30.6 Å². The molecule has 0 aliphatic rings. The predicted molar refractivity (Wildman–Crippen MR) is 71.3 cm³/mol. The Morgan fingerprint density at radius 3 is 2.68 bits per heavy atom. The number of hydrogen-bond donors (Lipinski definition) is 2. The molecule has 0 radical (unpaired) electrons. The Hall–Kier alpha value is -2.04. The van der Waals surface area contributed by atoms with Gasteiger partial charge in [0.05, 0.1) is 13.5 Å². The first-order chi connectivity index (χ1) is 9.02. The predicted octanol–water partition coefficient (Wildman–Crippen LogP) is 1.53. The molecule has 0 saturated heterocycles. The molecule has 0 unspecified atom stereocenters. The minimum Gasteiger partial charge on any atom is -0.496 e. The first kappa shape index (κ1) is 15.0. The van der Waals surface area contributed by atoms with Crippen molar-refractivity contribution in [1.82, 2.24) is 5.32 Å². The van der Waals surface area contributed by atoms with Gasteiger partial charge >= 0.3 is 5.97 Å². The lowest BCUT2D eigenvalue weighted by molar-refractivity contribution is -0.136. The van der Waals surface area contributed by atoms with Crippen LogP contribution in [-0.2, 0) is 16.0 Å². The van der Waals surface area contributed by atoms with Gasteiger partial charge in [-0.05, 0) is 30.5 Å². The van der Waals surface area contributed by atoms with E-state index in [1.54, 1.807) is 7.11 Å². The SMILES string of the molecule is COc1cc(C)ccc1CCC(=O)NCCC(=O)O. The molecular weight excluding hydrogens is 246 g/mol. The molecule has 1 aromatic rings.